The number of para-hydroxylation sites is 1. The first-order valence-electron chi connectivity index (χ1n) is 9.79. The van der Waals surface area contributed by atoms with E-state index in [1.165, 1.54) is 4.80 Å². The Bertz CT molecular complexity index is 1110. The Kier molecular flexibility index (Phi) is 5.73. The van der Waals surface area contributed by atoms with Gasteiger partial charge in [-0.15, -0.1) is 5.10 Å². The molecular weight excluding hydrogens is 378 g/mol. The topological polar surface area (TPSA) is 88.9 Å². The van der Waals surface area contributed by atoms with Gasteiger partial charge in [-0.1, -0.05) is 29.8 Å². The largest absolute Gasteiger partial charge is 0.347 e. The zero-order valence-electron chi connectivity index (χ0n) is 18.2. The van der Waals surface area contributed by atoms with Crippen LogP contribution in [0.5, 0.6) is 0 Å². The SMILES string of the molecule is Cc1ccc(-n2nc(C)c(C(=O)Nc3ccccc3C(=O)NC(C)(C)C)n2)c(C)c1. The molecule has 1 heterocycles. The third kappa shape index (κ3) is 4.74. The molecule has 7 heteroatoms. The van der Waals surface area contributed by atoms with Crippen LogP contribution in [0.25, 0.3) is 5.69 Å². The maximum absolute atomic E-state index is 12.9. The normalized spacial score (nSPS) is 11.3. The number of aryl methyl sites for hydroxylation is 3. The number of aromatic nitrogens is 3. The number of carbonyl (C=O) groups excluding carboxylic acids is 2. The summed E-state index contributed by atoms with van der Waals surface area (Å²) in [4.78, 5) is 27.0. The molecule has 0 atom stereocenters. The van der Waals surface area contributed by atoms with Gasteiger partial charge in [-0.25, -0.2) is 0 Å². The Morgan fingerprint density at radius 1 is 0.933 bits per heavy atom. The van der Waals surface area contributed by atoms with Gasteiger partial charge in [0.25, 0.3) is 11.8 Å². The van der Waals surface area contributed by atoms with E-state index in [9.17, 15) is 9.59 Å². The lowest BCUT2D eigenvalue weighted by Gasteiger charge is -2.21. The molecule has 0 aliphatic rings. The van der Waals surface area contributed by atoms with Crippen LogP contribution in [-0.2, 0) is 0 Å². The molecule has 7 nitrogen and oxygen atoms in total. The molecule has 2 aromatic carbocycles. The zero-order valence-corrected chi connectivity index (χ0v) is 18.2. The van der Waals surface area contributed by atoms with Gasteiger partial charge < -0.3 is 10.6 Å². The van der Waals surface area contributed by atoms with Crippen LogP contribution in [-0.4, -0.2) is 32.3 Å². The van der Waals surface area contributed by atoms with E-state index < -0.39 is 5.91 Å². The van der Waals surface area contributed by atoms with Gasteiger partial charge in [0.2, 0.25) is 0 Å². The van der Waals surface area contributed by atoms with Crippen molar-refractivity contribution >= 4 is 17.5 Å². The molecule has 2 amide bonds. The summed E-state index contributed by atoms with van der Waals surface area (Å²) in [5.41, 5.74) is 4.10. The van der Waals surface area contributed by atoms with E-state index in [-0.39, 0.29) is 17.1 Å². The summed E-state index contributed by atoms with van der Waals surface area (Å²) in [6.07, 6.45) is 0. The maximum atomic E-state index is 12.9. The lowest BCUT2D eigenvalue weighted by molar-refractivity contribution is 0.0920. The average Bonchev–Trinajstić information content (AvgIpc) is 3.02. The van der Waals surface area contributed by atoms with E-state index in [0.29, 0.717) is 16.9 Å². The monoisotopic (exact) mass is 405 g/mol. The minimum Gasteiger partial charge on any atom is -0.347 e. The summed E-state index contributed by atoms with van der Waals surface area (Å²) < 4.78 is 0. The summed E-state index contributed by atoms with van der Waals surface area (Å²) in [5, 5.41) is 14.5. The Balaban J connectivity index is 1.87. The van der Waals surface area contributed by atoms with Crippen LogP contribution >= 0.6 is 0 Å². The van der Waals surface area contributed by atoms with Crippen molar-refractivity contribution in [2.24, 2.45) is 0 Å². The van der Waals surface area contributed by atoms with E-state index >= 15 is 0 Å². The highest BCUT2D eigenvalue weighted by Gasteiger charge is 2.21. The van der Waals surface area contributed by atoms with Crippen molar-refractivity contribution in [3.8, 4) is 5.69 Å². The second-order valence-electron chi connectivity index (χ2n) is 8.42. The minimum absolute atomic E-state index is 0.209. The quantitative estimate of drug-likeness (QED) is 0.687. The average molecular weight is 406 g/mol. The van der Waals surface area contributed by atoms with E-state index in [0.717, 1.165) is 16.8 Å². The number of carbonyl (C=O) groups is 2. The highest BCUT2D eigenvalue weighted by molar-refractivity contribution is 6.08. The molecular formula is C23H27N5O2. The predicted molar refractivity (Wildman–Crippen MR) is 117 cm³/mol. The Morgan fingerprint density at radius 2 is 1.63 bits per heavy atom. The van der Waals surface area contributed by atoms with E-state index in [1.807, 2.05) is 52.8 Å². The molecule has 3 rings (SSSR count). The number of anilines is 1. The second-order valence-corrected chi connectivity index (χ2v) is 8.42. The van der Waals surface area contributed by atoms with Crippen LogP contribution in [0.1, 0.15) is 58.4 Å². The molecule has 30 heavy (non-hydrogen) atoms. The fraction of sp³-hybridized carbons (Fsp3) is 0.304. The third-order valence-corrected chi connectivity index (χ3v) is 4.47. The van der Waals surface area contributed by atoms with Gasteiger partial charge in [-0.2, -0.15) is 9.90 Å². The number of nitrogens with one attached hydrogen (secondary N) is 2. The maximum Gasteiger partial charge on any atom is 0.278 e. The van der Waals surface area contributed by atoms with Crippen LogP contribution in [0.2, 0.25) is 0 Å². The number of benzene rings is 2. The molecule has 0 fully saturated rings. The number of rotatable bonds is 4. The highest BCUT2D eigenvalue weighted by Crippen LogP contribution is 2.19. The van der Waals surface area contributed by atoms with Crippen LogP contribution < -0.4 is 10.6 Å². The molecule has 0 aliphatic heterocycles. The Morgan fingerprint density at radius 3 is 2.30 bits per heavy atom. The second kappa shape index (κ2) is 8.10. The minimum atomic E-state index is -0.417. The van der Waals surface area contributed by atoms with E-state index in [2.05, 4.69) is 20.8 Å². The zero-order chi connectivity index (χ0) is 22.1. The molecule has 0 saturated carbocycles. The van der Waals surface area contributed by atoms with Crippen LogP contribution in [0.3, 0.4) is 0 Å². The molecule has 0 aliphatic carbocycles. The molecule has 0 saturated heterocycles. The number of amides is 2. The van der Waals surface area contributed by atoms with E-state index in [4.69, 9.17) is 0 Å². The summed E-state index contributed by atoms with van der Waals surface area (Å²) >= 11 is 0. The van der Waals surface area contributed by atoms with Crippen molar-refractivity contribution in [1.29, 1.82) is 0 Å². The van der Waals surface area contributed by atoms with Crippen molar-refractivity contribution in [3.05, 3.63) is 70.5 Å². The van der Waals surface area contributed by atoms with Gasteiger partial charge in [0.15, 0.2) is 5.69 Å². The number of hydrogen-bond donors (Lipinski definition) is 2. The fourth-order valence-corrected chi connectivity index (χ4v) is 3.11. The van der Waals surface area contributed by atoms with Gasteiger partial charge in [0, 0.05) is 5.54 Å². The van der Waals surface area contributed by atoms with Gasteiger partial charge in [-0.05, 0) is 65.3 Å². The molecule has 2 N–H and O–H groups in total. The summed E-state index contributed by atoms with van der Waals surface area (Å²) in [7, 11) is 0. The molecule has 0 unspecified atom stereocenters. The molecule has 0 radical (unpaired) electrons. The Hall–Kier alpha value is -3.48. The van der Waals surface area contributed by atoms with Gasteiger partial charge in [0.05, 0.1) is 22.6 Å². The van der Waals surface area contributed by atoms with Crippen LogP contribution in [0.15, 0.2) is 42.5 Å². The smallest absolute Gasteiger partial charge is 0.278 e. The summed E-state index contributed by atoms with van der Waals surface area (Å²) in [5.74, 6) is -0.673. The van der Waals surface area contributed by atoms with Crippen LogP contribution in [0, 0.1) is 20.8 Å². The first-order valence-corrected chi connectivity index (χ1v) is 9.79. The van der Waals surface area contributed by atoms with Crippen molar-refractivity contribution < 1.29 is 9.59 Å². The molecule has 156 valence electrons. The molecule has 1 aromatic heterocycles. The first kappa shape index (κ1) is 21.2. The fourth-order valence-electron chi connectivity index (χ4n) is 3.11. The van der Waals surface area contributed by atoms with Gasteiger partial charge in [-0.3, -0.25) is 9.59 Å². The summed E-state index contributed by atoms with van der Waals surface area (Å²) in [6, 6.07) is 12.8. The summed E-state index contributed by atoms with van der Waals surface area (Å²) in [6.45, 7) is 11.4. The van der Waals surface area contributed by atoms with Gasteiger partial charge >= 0.3 is 0 Å². The Labute approximate surface area is 176 Å². The van der Waals surface area contributed by atoms with Crippen molar-refractivity contribution in [2.45, 2.75) is 47.1 Å². The highest BCUT2D eigenvalue weighted by atomic mass is 16.2. The number of nitrogens with zero attached hydrogens (tertiary/aromatic N) is 3. The van der Waals surface area contributed by atoms with E-state index in [1.54, 1.807) is 31.2 Å². The van der Waals surface area contributed by atoms with Gasteiger partial charge in [0.1, 0.15) is 0 Å². The lowest BCUT2D eigenvalue weighted by atomic mass is 10.1. The van der Waals surface area contributed by atoms with Crippen LogP contribution in [0.4, 0.5) is 5.69 Å². The standard InChI is InChI=1S/C23H27N5O2/c1-14-11-12-19(15(2)13-14)28-26-16(3)20(27-28)22(30)24-18-10-8-7-9-17(18)21(29)25-23(4,5)6/h7-13H,1-6H3,(H,24,30)(H,25,29). The third-order valence-electron chi connectivity index (χ3n) is 4.47. The molecule has 0 bridgehead atoms. The lowest BCUT2D eigenvalue weighted by Crippen LogP contribution is -2.40. The van der Waals surface area contributed by atoms with Crippen molar-refractivity contribution in [1.82, 2.24) is 20.3 Å². The van der Waals surface area contributed by atoms with Crippen molar-refractivity contribution in [3.63, 3.8) is 0 Å². The molecule has 0 spiro atoms. The number of hydrogen-bond acceptors (Lipinski definition) is 4. The predicted octanol–water partition coefficient (Wildman–Crippen LogP) is 3.97. The molecule has 3 aromatic rings. The van der Waals surface area contributed by atoms with Crippen molar-refractivity contribution in [2.75, 3.05) is 5.32 Å². The first-order chi connectivity index (χ1) is 14.0.